The molecule has 0 unspecified atom stereocenters. The van der Waals surface area contributed by atoms with Crippen LogP contribution in [0.1, 0.15) is 35.8 Å². The van der Waals surface area contributed by atoms with E-state index in [1.165, 1.54) is 12.1 Å². The summed E-state index contributed by atoms with van der Waals surface area (Å²) in [6.07, 6.45) is 4.15. The number of nitro benzene ring substituents is 1. The zero-order chi connectivity index (χ0) is 19.4. The van der Waals surface area contributed by atoms with Gasteiger partial charge in [-0.05, 0) is 25.3 Å². The van der Waals surface area contributed by atoms with Gasteiger partial charge < -0.3 is 16.0 Å². The Labute approximate surface area is 156 Å². The van der Waals surface area contributed by atoms with Crippen molar-refractivity contribution in [3.8, 4) is 0 Å². The van der Waals surface area contributed by atoms with Crippen molar-refractivity contribution in [3.63, 3.8) is 0 Å². The second-order valence-electron chi connectivity index (χ2n) is 6.48. The molecule has 1 aliphatic rings. The molecule has 142 valence electrons. The maximum absolute atomic E-state index is 11.7. The van der Waals surface area contributed by atoms with Crippen LogP contribution < -0.4 is 16.0 Å². The van der Waals surface area contributed by atoms with Gasteiger partial charge in [-0.3, -0.25) is 14.9 Å². The van der Waals surface area contributed by atoms with Crippen molar-refractivity contribution in [2.45, 2.75) is 32.2 Å². The predicted octanol–water partition coefficient (Wildman–Crippen LogP) is 2.13. The van der Waals surface area contributed by atoms with Gasteiger partial charge in [-0.15, -0.1) is 0 Å². The van der Waals surface area contributed by atoms with Gasteiger partial charge in [-0.2, -0.15) is 0 Å². The molecule has 0 spiro atoms. The Morgan fingerprint density at radius 1 is 1.33 bits per heavy atom. The molecule has 1 fully saturated rings. The van der Waals surface area contributed by atoms with Crippen LogP contribution in [-0.4, -0.2) is 39.9 Å². The Bertz CT molecular complexity index is 849. The highest BCUT2D eigenvalue weighted by Gasteiger charge is 2.22. The normalized spacial score (nSPS) is 14.8. The fourth-order valence-electron chi connectivity index (χ4n) is 3.20. The van der Waals surface area contributed by atoms with Gasteiger partial charge in [-0.1, -0.05) is 6.92 Å². The summed E-state index contributed by atoms with van der Waals surface area (Å²) in [5, 5.41) is 14.2. The number of piperidine rings is 1. The first-order valence-corrected chi connectivity index (χ1v) is 8.88. The second kappa shape index (κ2) is 7.98. The molecule has 0 radical (unpaired) electrons. The maximum atomic E-state index is 11.7. The quantitative estimate of drug-likeness (QED) is 0.589. The van der Waals surface area contributed by atoms with E-state index in [0.29, 0.717) is 5.69 Å². The maximum Gasteiger partial charge on any atom is 0.270 e. The van der Waals surface area contributed by atoms with Gasteiger partial charge in [0.15, 0.2) is 0 Å². The molecule has 0 atom stereocenters. The van der Waals surface area contributed by atoms with Crippen molar-refractivity contribution in [2.75, 3.05) is 23.3 Å². The molecule has 9 heteroatoms. The standard InChI is InChI=1S/C18H22N6O3/c1-2-12-9-17(21-11-20-12)23-7-5-13(6-8-23)22-16-4-3-14(24(26)27)10-15(16)18(19)25/h3-4,9-11,13,22H,2,5-8H2,1H3,(H2,19,25). The summed E-state index contributed by atoms with van der Waals surface area (Å²) in [5.41, 5.74) is 6.91. The first-order chi connectivity index (χ1) is 13.0. The number of non-ortho nitro benzene ring substituents is 1. The molecule has 2 heterocycles. The zero-order valence-corrected chi connectivity index (χ0v) is 15.1. The van der Waals surface area contributed by atoms with Crippen LogP contribution in [0.5, 0.6) is 0 Å². The summed E-state index contributed by atoms with van der Waals surface area (Å²) < 4.78 is 0. The molecule has 9 nitrogen and oxygen atoms in total. The largest absolute Gasteiger partial charge is 0.382 e. The number of benzene rings is 1. The van der Waals surface area contributed by atoms with Gasteiger partial charge in [-0.25, -0.2) is 9.97 Å². The van der Waals surface area contributed by atoms with Gasteiger partial charge in [0, 0.05) is 48.7 Å². The number of nitrogens with two attached hydrogens (primary N) is 1. The van der Waals surface area contributed by atoms with Crippen molar-refractivity contribution in [1.82, 2.24) is 9.97 Å². The second-order valence-corrected chi connectivity index (χ2v) is 6.48. The zero-order valence-electron chi connectivity index (χ0n) is 15.1. The van der Waals surface area contributed by atoms with E-state index in [1.807, 2.05) is 6.07 Å². The molecule has 0 bridgehead atoms. The lowest BCUT2D eigenvalue weighted by Gasteiger charge is -2.34. The molecule has 2 aromatic rings. The summed E-state index contributed by atoms with van der Waals surface area (Å²) in [7, 11) is 0. The monoisotopic (exact) mass is 370 g/mol. The molecule has 3 N–H and O–H groups in total. The van der Waals surface area contributed by atoms with Crippen molar-refractivity contribution in [1.29, 1.82) is 0 Å². The van der Waals surface area contributed by atoms with E-state index in [0.717, 1.165) is 43.9 Å². The molecular weight excluding hydrogens is 348 g/mol. The average Bonchev–Trinajstić information content (AvgIpc) is 2.68. The van der Waals surface area contributed by atoms with E-state index in [-0.39, 0.29) is 17.3 Å². The van der Waals surface area contributed by atoms with E-state index >= 15 is 0 Å². The summed E-state index contributed by atoms with van der Waals surface area (Å²) in [6.45, 7) is 3.69. The lowest BCUT2D eigenvalue weighted by Crippen LogP contribution is -2.39. The van der Waals surface area contributed by atoms with Gasteiger partial charge in [0.25, 0.3) is 11.6 Å². The molecule has 1 saturated heterocycles. The van der Waals surface area contributed by atoms with Crippen LogP contribution in [0.3, 0.4) is 0 Å². The molecule has 1 amide bonds. The van der Waals surface area contributed by atoms with Crippen LogP contribution >= 0.6 is 0 Å². The van der Waals surface area contributed by atoms with Crippen molar-refractivity contribution < 1.29 is 9.72 Å². The third-order valence-corrected chi connectivity index (χ3v) is 4.73. The van der Waals surface area contributed by atoms with Crippen LogP contribution in [0.15, 0.2) is 30.6 Å². The summed E-state index contributed by atoms with van der Waals surface area (Å²) in [5.74, 6) is 0.236. The Balaban J connectivity index is 1.67. The predicted molar refractivity (Wildman–Crippen MR) is 102 cm³/mol. The highest BCUT2D eigenvalue weighted by Crippen LogP contribution is 2.25. The number of aryl methyl sites for hydroxylation is 1. The molecule has 0 aliphatic carbocycles. The first kappa shape index (κ1) is 18.6. The molecule has 1 aromatic carbocycles. The number of primary amides is 1. The number of hydrogen-bond acceptors (Lipinski definition) is 7. The van der Waals surface area contributed by atoms with Crippen molar-refractivity contribution in [3.05, 3.63) is 52.0 Å². The first-order valence-electron chi connectivity index (χ1n) is 8.88. The highest BCUT2D eigenvalue weighted by molar-refractivity contribution is 5.99. The number of nitrogens with one attached hydrogen (secondary N) is 1. The Kier molecular flexibility index (Phi) is 5.49. The number of carbonyl (C=O) groups excluding carboxylic acids is 1. The Hall–Kier alpha value is -3.23. The lowest BCUT2D eigenvalue weighted by molar-refractivity contribution is -0.384. The van der Waals surface area contributed by atoms with Gasteiger partial charge >= 0.3 is 0 Å². The molecule has 1 aromatic heterocycles. The third kappa shape index (κ3) is 4.30. The fourth-order valence-corrected chi connectivity index (χ4v) is 3.20. The van der Waals surface area contributed by atoms with E-state index in [1.54, 1.807) is 12.4 Å². The summed E-state index contributed by atoms with van der Waals surface area (Å²) >= 11 is 0. The van der Waals surface area contributed by atoms with Crippen LogP contribution in [0.25, 0.3) is 0 Å². The number of amides is 1. The van der Waals surface area contributed by atoms with Gasteiger partial charge in [0.1, 0.15) is 12.1 Å². The fraction of sp³-hybridized carbons (Fsp3) is 0.389. The van der Waals surface area contributed by atoms with E-state index < -0.39 is 10.8 Å². The van der Waals surface area contributed by atoms with Crippen LogP contribution in [0, 0.1) is 10.1 Å². The average molecular weight is 370 g/mol. The van der Waals surface area contributed by atoms with Crippen LogP contribution in [-0.2, 0) is 6.42 Å². The number of nitro groups is 1. The van der Waals surface area contributed by atoms with Crippen LogP contribution in [0.4, 0.5) is 17.2 Å². The molecule has 27 heavy (non-hydrogen) atoms. The number of nitrogens with zero attached hydrogens (tertiary/aromatic N) is 4. The van der Waals surface area contributed by atoms with E-state index in [4.69, 9.17) is 5.73 Å². The van der Waals surface area contributed by atoms with E-state index in [2.05, 4.69) is 27.1 Å². The van der Waals surface area contributed by atoms with Crippen LogP contribution in [0.2, 0.25) is 0 Å². The lowest BCUT2D eigenvalue weighted by atomic mass is 10.0. The van der Waals surface area contributed by atoms with Gasteiger partial charge in [0.2, 0.25) is 0 Å². The smallest absolute Gasteiger partial charge is 0.270 e. The molecule has 1 aliphatic heterocycles. The van der Waals surface area contributed by atoms with Crippen molar-refractivity contribution in [2.24, 2.45) is 5.73 Å². The van der Waals surface area contributed by atoms with E-state index in [9.17, 15) is 14.9 Å². The minimum absolute atomic E-state index is 0.134. The Morgan fingerprint density at radius 2 is 2.07 bits per heavy atom. The molecule has 0 saturated carbocycles. The molecule has 3 rings (SSSR count). The highest BCUT2D eigenvalue weighted by atomic mass is 16.6. The number of rotatable bonds is 6. The topological polar surface area (TPSA) is 127 Å². The number of aromatic nitrogens is 2. The van der Waals surface area contributed by atoms with Crippen molar-refractivity contribution >= 4 is 23.1 Å². The Morgan fingerprint density at radius 3 is 2.70 bits per heavy atom. The molecular formula is C18H22N6O3. The van der Waals surface area contributed by atoms with Gasteiger partial charge in [0.05, 0.1) is 10.5 Å². The number of anilines is 2. The minimum Gasteiger partial charge on any atom is -0.382 e. The SMILES string of the molecule is CCc1cc(N2CCC(Nc3ccc([N+](=O)[O-])cc3C(N)=O)CC2)ncn1. The third-order valence-electron chi connectivity index (χ3n) is 4.73. The number of carbonyl (C=O) groups is 1. The minimum atomic E-state index is -0.688. The summed E-state index contributed by atoms with van der Waals surface area (Å²) in [6, 6.07) is 6.29. The number of hydrogen-bond donors (Lipinski definition) is 2. The summed E-state index contributed by atoms with van der Waals surface area (Å²) in [4.78, 5) is 32.8.